The van der Waals surface area contributed by atoms with Gasteiger partial charge in [-0.05, 0) is 54.1 Å². The second kappa shape index (κ2) is 9.71. The normalized spacial score (nSPS) is 11.7. The van der Waals surface area contributed by atoms with Crippen molar-refractivity contribution >= 4 is 28.2 Å². The summed E-state index contributed by atoms with van der Waals surface area (Å²) >= 11 is 1.61. The minimum absolute atomic E-state index is 0.0131. The molecule has 4 rings (SSSR count). The van der Waals surface area contributed by atoms with E-state index in [9.17, 15) is 4.79 Å². The monoisotopic (exact) mass is 444 g/mol. The van der Waals surface area contributed by atoms with E-state index in [1.54, 1.807) is 18.3 Å². The van der Waals surface area contributed by atoms with Crippen LogP contribution in [0, 0.1) is 18.8 Å². The zero-order valence-corrected chi connectivity index (χ0v) is 18.9. The van der Waals surface area contributed by atoms with Gasteiger partial charge in [0.05, 0.1) is 35.6 Å². The highest BCUT2D eigenvalue weighted by Crippen LogP contribution is 2.26. The molecule has 0 radical (unpaired) electrons. The highest BCUT2D eigenvalue weighted by atomic mass is 32.1. The average molecular weight is 445 g/mol. The number of fused-ring (bicyclic) bond motifs is 1. The molecule has 32 heavy (non-hydrogen) atoms. The zero-order valence-electron chi connectivity index (χ0n) is 18.0. The summed E-state index contributed by atoms with van der Waals surface area (Å²) in [4.78, 5) is 15.5. The number of nitrogens with zero attached hydrogens (tertiary/aromatic N) is 2. The maximum atomic E-state index is 11.1. The van der Waals surface area contributed by atoms with Crippen LogP contribution in [0.4, 0.5) is 0 Å². The molecule has 0 unspecified atom stereocenters. The molecule has 6 heteroatoms. The summed E-state index contributed by atoms with van der Waals surface area (Å²) < 4.78 is 8.28. The van der Waals surface area contributed by atoms with Gasteiger partial charge in [-0.3, -0.25) is 4.79 Å². The smallest absolute Gasteiger partial charge is 0.304 e. The van der Waals surface area contributed by atoms with E-state index in [2.05, 4.69) is 58.1 Å². The molecule has 1 N–H and O–H groups in total. The van der Waals surface area contributed by atoms with Crippen LogP contribution in [-0.4, -0.2) is 20.6 Å². The summed E-state index contributed by atoms with van der Waals surface area (Å²) in [5.74, 6) is 5.36. The summed E-state index contributed by atoms with van der Waals surface area (Å²) in [6, 6.07) is 13.9. The lowest BCUT2D eigenvalue weighted by molar-refractivity contribution is -0.137. The Morgan fingerprint density at radius 3 is 2.72 bits per heavy atom. The maximum Gasteiger partial charge on any atom is 0.304 e. The third kappa shape index (κ3) is 4.84. The van der Waals surface area contributed by atoms with Crippen molar-refractivity contribution in [2.45, 2.75) is 39.3 Å². The molecule has 162 valence electrons. The molecule has 1 atom stereocenters. The summed E-state index contributed by atoms with van der Waals surface area (Å²) in [5.41, 5.74) is 7.31. The number of carboxylic acid groups (broad SMARTS) is 1. The van der Waals surface area contributed by atoms with E-state index < -0.39 is 5.97 Å². The fourth-order valence-electron chi connectivity index (χ4n) is 3.86. The van der Waals surface area contributed by atoms with Gasteiger partial charge in [-0.1, -0.05) is 30.2 Å². The standard InChI is InChI=1S/C26H24N2O3S/c1-3-4-21(13-25(29)30)19-7-9-24(10-8-19)31-15-22-6-5-20-11-12-28(26(20)18(22)2)14-23-16-32-17-27-23/h5-12,16-17,21H,13-15H2,1-2H3,(H,29,30)/t21-/m0/s1. The Morgan fingerprint density at radius 2 is 2.03 bits per heavy atom. The molecular formula is C26H24N2O3S. The third-order valence-electron chi connectivity index (χ3n) is 5.49. The van der Waals surface area contributed by atoms with Crippen LogP contribution in [0.5, 0.6) is 5.75 Å². The Bertz CT molecular complexity index is 1280. The van der Waals surface area contributed by atoms with E-state index in [-0.39, 0.29) is 12.3 Å². The first-order chi connectivity index (χ1) is 15.5. The molecule has 0 aliphatic carbocycles. The van der Waals surface area contributed by atoms with Crippen LogP contribution < -0.4 is 4.74 Å². The SMILES string of the molecule is CC#C[C@@H](CC(=O)O)c1ccc(OCc2ccc3ccn(Cc4cscn4)c3c2C)cc1. The van der Waals surface area contributed by atoms with Crippen molar-refractivity contribution in [2.24, 2.45) is 0 Å². The van der Waals surface area contributed by atoms with Crippen molar-refractivity contribution in [3.05, 3.63) is 81.9 Å². The van der Waals surface area contributed by atoms with Crippen LogP contribution >= 0.6 is 11.3 Å². The molecular weight excluding hydrogens is 420 g/mol. The molecule has 0 bridgehead atoms. The van der Waals surface area contributed by atoms with Crippen molar-refractivity contribution in [1.82, 2.24) is 9.55 Å². The van der Waals surface area contributed by atoms with Gasteiger partial charge in [-0.15, -0.1) is 17.3 Å². The van der Waals surface area contributed by atoms with Gasteiger partial charge in [0.1, 0.15) is 12.4 Å². The van der Waals surface area contributed by atoms with Crippen LogP contribution in [0.2, 0.25) is 0 Å². The highest BCUT2D eigenvalue weighted by molar-refractivity contribution is 7.07. The third-order valence-corrected chi connectivity index (χ3v) is 6.12. The number of carboxylic acids is 1. The lowest BCUT2D eigenvalue weighted by Crippen LogP contribution is -2.05. The fraction of sp³-hybridized carbons (Fsp3) is 0.231. The molecule has 0 saturated heterocycles. The first-order valence-corrected chi connectivity index (χ1v) is 11.3. The summed E-state index contributed by atoms with van der Waals surface area (Å²) in [6.45, 7) is 5.05. The molecule has 0 aliphatic rings. The summed E-state index contributed by atoms with van der Waals surface area (Å²) in [6.07, 6.45) is 2.09. The largest absolute Gasteiger partial charge is 0.489 e. The molecule has 0 fully saturated rings. The van der Waals surface area contributed by atoms with Crippen molar-refractivity contribution in [1.29, 1.82) is 0 Å². The molecule has 4 aromatic rings. The number of hydrogen-bond donors (Lipinski definition) is 1. The number of rotatable bonds is 8. The molecule has 5 nitrogen and oxygen atoms in total. The van der Waals surface area contributed by atoms with Gasteiger partial charge >= 0.3 is 5.97 Å². The summed E-state index contributed by atoms with van der Waals surface area (Å²) in [5, 5.41) is 12.4. The molecule has 2 heterocycles. The number of hydrogen-bond acceptors (Lipinski definition) is 4. The Balaban J connectivity index is 1.49. The van der Waals surface area contributed by atoms with Crippen molar-refractivity contribution < 1.29 is 14.6 Å². The average Bonchev–Trinajstić information content (AvgIpc) is 3.44. The number of ether oxygens (including phenoxy) is 1. The van der Waals surface area contributed by atoms with Crippen LogP contribution in [0.3, 0.4) is 0 Å². The van der Waals surface area contributed by atoms with Gasteiger partial charge in [-0.2, -0.15) is 0 Å². The van der Waals surface area contributed by atoms with Crippen LogP contribution in [-0.2, 0) is 17.9 Å². The number of aryl methyl sites for hydroxylation is 1. The number of benzene rings is 2. The number of thiazole rings is 1. The first-order valence-electron chi connectivity index (χ1n) is 10.4. The second-order valence-corrected chi connectivity index (χ2v) is 8.33. The van der Waals surface area contributed by atoms with Gasteiger partial charge in [0.15, 0.2) is 0 Å². The predicted molar refractivity (Wildman–Crippen MR) is 127 cm³/mol. The van der Waals surface area contributed by atoms with Gasteiger partial charge in [-0.25, -0.2) is 4.98 Å². The van der Waals surface area contributed by atoms with Crippen LogP contribution in [0.25, 0.3) is 10.9 Å². The van der Waals surface area contributed by atoms with E-state index in [4.69, 9.17) is 9.84 Å². The molecule has 0 aliphatic heterocycles. The Kier molecular flexibility index (Phi) is 6.58. The van der Waals surface area contributed by atoms with E-state index in [1.165, 1.54) is 16.5 Å². The van der Waals surface area contributed by atoms with E-state index >= 15 is 0 Å². The predicted octanol–water partition coefficient (Wildman–Crippen LogP) is 5.62. The lowest BCUT2D eigenvalue weighted by atomic mass is 9.96. The van der Waals surface area contributed by atoms with Crippen LogP contribution in [0.15, 0.2) is 59.6 Å². The molecule has 2 aromatic heterocycles. The Morgan fingerprint density at radius 1 is 1.22 bits per heavy atom. The quantitative estimate of drug-likeness (QED) is 0.359. The minimum Gasteiger partial charge on any atom is -0.489 e. The summed E-state index contributed by atoms with van der Waals surface area (Å²) in [7, 11) is 0. The fourth-order valence-corrected chi connectivity index (χ4v) is 4.41. The topological polar surface area (TPSA) is 64.3 Å². The van der Waals surface area contributed by atoms with Crippen LogP contribution in [0.1, 0.15) is 41.6 Å². The van der Waals surface area contributed by atoms with Gasteiger partial charge in [0.25, 0.3) is 0 Å². The van der Waals surface area contributed by atoms with E-state index in [1.807, 2.05) is 29.8 Å². The van der Waals surface area contributed by atoms with E-state index in [0.29, 0.717) is 6.61 Å². The number of aromatic nitrogens is 2. The molecule has 0 spiro atoms. The number of aliphatic carboxylic acids is 1. The minimum atomic E-state index is -0.858. The number of carbonyl (C=O) groups is 1. The van der Waals surface area contributed by atoms with E-state index in [0.717, 1.165) is 29.1 Å². The molecule has 0 amide bonds. The molecule has 2 aromatic carbocycles. The van der Waals surface area contributed by atoms with Gasteiger partial charge in [0, 0.05) is 11.6 Å². The van der Waals surface area contributed by atoms with Crippen molar-refractivity contribution in [3.8, 4) is 17.6 Å². The van der Waals surface area contributed by atoms with Crippen molar-refractivity contribution in [2.75, 3.05) is 0 Å². The second-order valence-electron chi connectivity index (χ2n) is 7.61. The Labute approximate surface area is 191 Å². The van der Waals surface area contributed by atoms with Gasteiger partial charge < -0.3 is 14.4 Å². The molecule has 0 saturated carbocycles. The van der Waals surface area contributed by atoms with Gasteiger partial charge in [0.2, 0.25) is 0 Å². The zero-order chi connectivity index (χ0) is 22.5. The first kappa shape index (κ1) is 21.7. The lowest BCUT2D eigenvalue weighted by Gasteiger charge is -2.13. The Hall–Kier alpha value is -3.56. The maximum absolute atomic E-state index is 11.1. The van der Waals surface area contributed by atoms with Crippen molar-refractivity contribution in [3.63, 3.8) is 0 Å². The highest BCUT2D eigenvalue weighted by Gasteiger charge is 2.14.